The van der Waals surface area contributed by atoms with Crippen molar-refractivity contribution in [3.8, 4) is 0 Å². The largest absolute Gasteiger partial charge is 0.106 e. The lowest BCUT2D eigenvalue weighted by atomic mass is 9.96. The zero-order valence-corrected chi connectivity index (χ0v) is 10.2. The summed E-state index contributed by atoms with van der Waals surface area (Å²) in [6.45, 7) is 12.3. The lowest BCUT2D eigenvalue weighted by molar-refractivity contribution is 1.53. The Bertz CT molecular complexity index is 692. The van der Waals surface area contributed by atoms with Crippen LogP contribution in [0.25, 0.3) is 28.1 Å². The van der Waals surface area contributed by atoms with Gasteiger partial charge in [-0.15, -0.1) is 13.2 Å². The fourth-order valence-corrected chi connectivity index (χ4v) is 2.34. The Morgan fingerprint density at radius 3 is 2.00 bits per heavy atom. The molecule has 0 bridgehead atoms. The molecule has 0 aromatic heterocycles. The minimum absolute atomic E-state index is 1.12. The molecule has 84 valence electrons. The first-order chi connectivity index (χ1) is 8.27. The summed E-state index contributed by atoms with van der Waals surface area (Å²) < 4.78 is 0. The fourth-order valence-electron chi connectivity index (χ4n) is 2.34. The molecule has 0 unspecified atom stereocenters. The zero-order valence-electron chi connectivity index (χ0n) is 10.2. The van der Waals surface area contributed by atoms with Crippen molar-refractivity contribution >= 4 is 28.1 Å². The number of rotatable bonds is 0. The van der Waals surface area contributed by atoms with Gasteiger partial charge < -0.3 is 0 Å². The highest BCUT2D eigenvalue weighted by Crippen LogP contribution is 2.26. The van der Waals surface area contributed by atoms with Crippen LogP contribution in [0.4, 0.5) is 0 Å². The van der Waals surface area contributed by atoms with Crippen molar-refractivity contribution in [1.82, 2.24) is 0 Å². The van der Waals surface area contributed by atoms with E-state index >= 15 is 0 Å². The Labute approximate surface area is 102 Å². The molecular formula is C17H16. The van der Waals surface area contributed by atoms with Crippen LogP contribution in [0.3, 0.4) is 0 Å². The predicted molar refractivity (Wildman–Crippen MR) is 78.2 cm³/mol. The van der Waals surface area contributed by atoms with Crippen molar-refractivity contribution in [3.05, 3.63) is 66.4 Å². The van der Waals surface area contributed by atoms with Crippen LogP contribution in [-0.4, -0.2) is 0 Å². The molecule has 0 aliphatic heterocycles. The monoisotopic (exact) mass is 220 g/mol. The summed E-state index contributed by atoms with van der Waals surface area (Å²) in [5.74, 6) is 0. The van der Waals surface area contributed by atoms with Crippen molar-refractivity contribution in [3.63, 3.8) is 0 Å². The van der Waals surface area contributed by atoms with E-state index in [4.69, 9.17) is 0 Å². The van der Waals surface area contributed by atoms with Gasteiger partial charge in [-0.1, -0.05) is 49.0 Å². The van der Waals surface area contributed by atoms with Gasteiger partial charge in [0.1, 0.15) is 0 Å². The normalized spacial score (nSPS) is 10.2. The molecule has 0 heterocycles. The number of benzene rings is 3. The fraction of sp³-hybridized carbons (Fsp3) is 0.0588. The van der Waals surface area contributed by atoms with Gasteiger partial charge in [-0.05, 0) is 39.3 Å². The Kier molecular flexibility index (Phi) is 2.97. The summed E-state index contributed by atoms with van der Waals surface area (Å²) in [5.41, 5.74) is 1.31. The van der Waals surface area contributed by atoms with E-state index in [9.17, 15) is 0 Å². The van der Waals surface area contributed by atoms with Crippen molar-refractivity contribution in [1.29, 1.82) is 0 Å². The Morgan fingerprint density at radius 1 is 0.765 bits per heavy atom. The maximum atomic E-state index is 4.11. The van der Waals surface area contributed by atoms with Crippen LogP contribution in [0.2, 0.25) is 0 Å². The average Bonchev–Trinajstić information content (AvgIpc) is 2.38. The van der Waals surface area contributed by atoms with E-state index in [1.165, 1.54) is 27.1 Å². The van der Waals surface area contributed by atoms with E-state index in [-0.39, 0.29) is 0 Å². The SMILES string of the molecule is C=C.C=c1ccc2cccc3ccc(C)c1c32. The molecule has 0 saturated heterocycles. The molecule has 0 heteroatoms. The van der Waals surface area contributed by atoms with Gasteiger partial charge in [0.05, 0.1) is 0 Å². The molecule has 3 aromatic carbocycles. The van der Waals surface area contributed by atoms with Gasteiger partial charge in [0.15, 0.2) is 0 Å². The molecule has 0 N–H and O–H groups in total. The highest BCUT2D eigenvalue weighted by Gasteiger charge is 2.03. The second-order valence-electron chi connectivity index (χ2n) is 4.06. The van der Waals surface area contributed by atoms with Gasteiger partial charge >= 0.3 is 0 Å². The Morgan fingerprint density at radius 2 is 1.35 bits per heavy atom. The summed E-state index contributed by atoms with van der Waals surface area (Å²) in [5, 5.41) is 6.39. The average molecular weight is 220 g/mol. The van der Waals surface area contributed by atoms with Crippen molar-refractivity contribution < 1.29 is 0 Å². The van der Waals surface area contributed by atoms with Crippen molar-refractivity contribution in [2.75, 3.05) is 0 Å². The minimum atomic E-state index is 1.12. The molecule has 0 fully saturated rings. The molecule has 0 nitrogen and oxygen atoms in total. The second-order valence-corrected chi connectivity index (χ2v) is 4.06. The van der Waals surface area contributed by atoms with Crippen molar-refractivity contribution in [2.45, 2.75) is 6.92 Å². The first-order valence-corrected chi connectivity index (χ1v) is 5.67. The van der Waals surface area contributed by atoms with E-state index in [2.05, 4.69) is 69.1 Å². The Balaban J connectivity index is 0.000000514. The standard InChI is InChI=1S/C15H12.C2H4/c1-10-6-8-12-4-3-5-13-9-7-11(2)14(10)15(12)13;1-2/h3-9H,1H2,2H3;1-2H2. The van der Waals surface area contributed by atoms with E-state index in [1.54, 1.807) is 0 Å². The van der Waals surface area contributed by atoms with E-state index < -0.39 is 0 Å². The smallest absolute Gasteiger partial charge is 0.00304 e. The minimum Gasteiger partial charge on any atom is -0.106 e. The first-order valence-electron chi connectivity index (χ1n) is 5.67. The van der Waals surface area contributed by atoms with Crippen LogP contribution in [0.1, 0.15) is 5.56 Å². The van der Waals surface area contributed by atoms with E-state index in [0.717, 1.165) is 5.22 Å². The van der Waals surface area contributed by atoms with E-state index in [0.29, 0.717) is 0 Å². The van der Waals surface area contributed by atoms with E-state index in [1.807, 2.05) is 0 Å². The van der Waals surface area contributed by atoms with Crippen molar-refractivity contribution in [2.24, 2.45) is 0 Å². The summed E-state index contributed by atoms with van der Waals surface area (Å²) in [4.78, 5) is 0. The van der Waals surface area contributed by atoms with Gasteiger partial charge in [-0.3, -0.25) is 0 Å². The molecule has 0 aliphatic carbocycles. The highest BCUT2D eigenvalue weighted by molar-refractivity contribution is 6.11. The molecule has 3 rings (SSSR count). The third-order valence-corrected chi connectivity index (χ3v) is 3.07. The number of aryl methyl sites for hydroxylation is 1. The number of hydrogen-bond acceptors (Lipinski definition) is 0. The molecule has 0 radical (unpaired) electrons. The molecule has 0 aliphatic rings. The van der Waals surface area contributed by atoms with Crippen LogP contribution in [0.5, 0.6) is 0 Å². The van der Waals surface area contributed by atoms with Gasteiger partial charge in [-0.2, -0.15) is 0 Å². The molecule has 0 amide bonds. The predicted octanol–water partition coefficient (Wildman–Crippen LogP) is 4.23. The quantitative estimate of drug-likeness (QED) is 0.497. The topological polar surface area (TPSA) is 0 Å². The lowest BCUT2D eigenvalue weighted by Gasteiger charge is -2.08. The molecular weight excluding hydrogens is 204 g/mol. The van der Waals surface area contributed by atoms with Crippen LogP contribution >= 0.6 is 0 Å². The van der Waals surface area contributed by atoms with Gasteiger partial charge in [0.25, 0.3) is 0 Å². The molecule has 0 atom stereocenters. The second kappa shape index (κ2) is 4.42. The van der Waals surface area contributed by atoms with Gasteiger partial charge in [0.2, 0.25) is 0 Å². The highest BCUT2D eigenvalue weighted by atomic mass is 14.1. The Hall–Kier alpha value is -2.08. The summed E-state index contributed by atoms with van der Waals surface area (Å²) in [6.07, 6.45) is 0. The van der Waals surface area contributed by atoms with Crippen LogP contribution in [0, 0.1) is 6.92 Å². The maximum absolute atomic E-state index is 4.11. The zero-order chi connectivity index (χ0) is 12.4. The third-order valence-electron chi connectivity index (χ3n) is 3.07. The molecule has 0 saturated carbocycles. The lowest BCUT2D eigenvalue weighted by Crippen LogP contribution is -2.00. The first kappa shape index (κ1) is 11.4. The summed E-state index contributed by atoms with van der Waals surface area (Å²) >= 11 is 0. The van der Waals surface area contributed by atoms with Crippen LogP contribution in [0.15, 0.2) is 55.6 Å². The maximum Gasteiger partial charge on any atom is -0.00304 e. The molecule has 0 spiro atoms. The summed E-state index contributed by atoms with van der Waals surface area (Å²) in [7, 11) is 0. The van der Waals surface area contributed by atoms with Gasteiger partial charge in [0, 0.05) is 0 Å². The molecule has 17 heavy (non-hydrogen) atoms. The van der Waals surface area contributed by atoms with Crippen LogP contribution in [-0.2, 0) is 0 Å². The van der Waals surface area contributed by atoms with Gasteiger partial charge in [-0.25, -0.2) is 0 Å². The summed E-state index contributed by atoms with van der Waals surface area (Å²) in [6, 6.07) is 15.0. The third kappa shape index (κ3) is 1.72. The molecule has 3 aromatic rings. The number of hydrogen-bond donors (Lipinski definition) is 0. The van der Waals surface area contributed by atoms with Crippen LogP contribution < -0.4 is 5.22 Å².